The zero-order chi connectivity index (χ0) is 13.0. The Kier molecular flexibility index (Phi) is 3.43. The van der Waals surface area contributed by atoms with Gasteiger partial charge in [-0.3, -0.25) is 0 Å². The van der Waals surface area contributed by atoms with Crippen molar-refractivity contribution in [3.8, 4) is 5.75 Å². The molecular weight excluding hydrogens is 234 g/mol. The number of benzene rings is 1. The Bertz CT molecular complexity index is 573. The van der Waals surface area contributed by atoms with Crippen molar-refractivity contribution in [2.75, 3.05) is 0 Å². The third-order valence-electron chi connectivity index (χ3n) is 2.23. The molecule has 2 rings (SSSR count). The van der Waals surface area contributed by atoms with Gasteiger partial charge in [0.25, 0.3) is 0 Å². The molecule has 0 unspecified atom stereocenters. The Morgan fingerprint density at radius 2 is 2.28 bits per heavy atom. The number of hydrogen-bond donors (Lipinski definition) is 1. The maximum atomic E-state index is 11.4. The summed E-state index contributed by atoms with van der Waals surface area (Å²) in [6.45, 7) is 1.88. The molecule has 0 aliphatic carbocycles. The molecule has 0 atom stereocenters. The average Bonchev–Trinajstić information content (AvgIpc) is 2.87. The first-order valence-electron chi connectivity index (χ1n) is 5.24. The summed E-state index contributed by atoms with van der Waals surface area (Å²) >= 11 is 0. The number of phenolic OH excluding ortho intramolecular Hbond substituents is 1. The van der Waals surface area contributed by atoms with Gasteiger partial charge in [0, 0.05) is 5.56 Å². The summed E-state index contributed by atoms with van der Waals surface area (Å²) in [7, 11) is 0. The Hall–Kier alpha value is -2.56. The predicted molar refractivity (Wildman–Crippen MR) is 64.6 cm³/mol. The lowest BCUT2D eigenvalue weighted by atomic mass is 10.1. The second-order valence-electron chi connectivity index (χ2n) is 3.65. The fourth-order valence-corrected chi connectivity index (χ4v) is 1.35. The van der Waals surface area contributed by atoms with E-state index in [0.29, 0.717) is 5.56 Å². The van der Waals surface area contributed by atoms with E-state index in [1.54, 1.807) is 24.3 Å². The minimum absolute atomic E-state index is 0.0680. The van der Waals surface area contributed by atoms with Crippen molar-refractivity contribution in [3.63, 3.8) is 0 Å². The van der Waals surface area contributed by atoms with Crippen molar-refractivity contribution >= 4 is 12.2 Å². The number of aromatic hydroxyl groups is 1. The van der Waals surface area contributed by atoms with Crippen molar-refractivity contribution in [1.29, 1.82) is 0 Å². The number of aryl methyl sites for hydroxylation is 1. The van der Waals surface area contributed by atoms with Gasteiger partial charge in [0.05, 0.1) is 12.5 Å². The zero-order valence-electron chi connectivity index (χ0n) is 9.66. The number of carbonyl (C=O) groups excluding carboxylic acids is 1. The summed E-state index contributed by atoms with van der Waals surface area (Å²) in [6, 6.07) is 8.08. The van der Waals surface area contributed by atoms with E-state index in [0.717, 1.165) is 5.56 Å². The third kappa shape index (κ3) is 2.76. The lowest BCUT2D eigenvalue weighted by Crippen LogP contribution is -1.99. The molecule has 0 amide bonds. The first-order valence-corrected chi connectivity index (χ1v) is 5.24. The SMILES string of the molecule is Cc1ccc(O)c(/C=N/OC(=O)c2ccco2)c1. The van der Waals surface area contributed by atoms with Crippen LogP contribution in [0.1, 0.15) is 21.7 Å². The smallest absolute Gasteiger partial charge is 0.400 e. The molecule has 1 aromatic heterocycles. The Morgan fingerprint density at radius 3 is 3.00 bits per heavy atom. The molecule has 0 fully saturated rings. The number of carbonyl (C=O) groups is 1. The van der Waals surface area contributed by atoms with E-state index in [1.807, 2.05) is 6.92 Å². The molecule has 0 bridgehead atoms. The second-order valence-corrected chi connectivity index (χ2v) is 3.65. The summed E-state index contributed by atoms with van der Waals surface area (Å²) < 4.78 is 4.84. The van der Waals surface area contributed by atoms with Crippen LogP contribution in [-0.2, 0) is 4.84 Å². The Balaban J connectivity index is 2.03. The minimum atomic E-state index is -0.691. The first-order chi connectivity index (χ1) is 8.66. The number of oxime groups is 1. The number of rotatable bonds is 3. The highest BCUT2D eigenvalue weighted by molar-refractivity contribution is 5.88. The van der Waals surface area contributed by atoms with E-state index < -0.39 is 5.97 Å². The first kappa shape index (κ1) is 11.9. The van der Waals surface area contributed by atoms with Crippen LogP contribution in [0, 0.1) is 6.92 Å². The molecule has 0 radical (unpaired) electrons. The maximum absolute atomic E-state index is 11.4. The van der Waals surface area contributed by atoms with Gasteiger partial charge in [0.2, 0.25) is 5.76 Å². The molecule has 1 N–H and O–H groups in total. The molecule has 92 valence electrons. The van der Waals surface area contributed by atoms with Crippen LogP contribution < -0.4 is 0 Å². The van der Waals surface area contributed by atoms with E-state index in [2.05, 4.69) is 9.99 Å². The minimum Gasteiger partial charge on any atom is -0.507 e. The standard InChI is InChI=1S/C13H11NO4/c1-9-4-5-11(15)10(7-9)8-14-18-13(16)12-3-2-6-17-12/h2-8,15H,1H3/b14-8+. The largest absolute Gasteiger partial charge is 0.507 e. The molecule has 0 aliphatic rings. The Labute approximate surface area is 103 Å². The van der Waals surface area contributed by atoms with E-state index >= 15 is 0 Å². The predicted octanol–water partition coefficient (Wildman–Crippen LogP) is 2.48. The van der Waals surface area contributed by atoms with Crippen LogP contribution >= 0.6 is 0 Å². The van der Waals surface area contributed by atoms with Crippen LogP contribution in [0.3, 0.4) is 0 Å². The van der Waals surface area contributed by atoms with Gasteiger partial charge in [0.15, 0.2) is 0 Å². The molecule has 0 saturated carbocycles. The normalized spacial score (nSPS) is 10.7. The van der Waals surface area contributed by atoms with E-state index in [4.69, 9.17) is 4.42 Å². The maximum Gasteiger partial charge on any atom is 0.400 e. The number of hydrogen-bond acceptors (Lipinski definition) is 5. The molecule has 5 heteroatoms. The van der Waals surface area contributed by atoms with Crippen molar-refractivity contribution in [3.05, 3.63) is 53.5 Å². The van der Waals surface area contributed by atoms with Crippen molar-refractivity contribution in [1.82, 2.24) is 0 Å². The van der Waals surface area contributed by atoms with Gasteiger partial charge < -0.3 is 14.4 Å². The van der Waals surface area contributed by atoms with Crippen LogP contribution in [0.2, 0.25) is 0 Å². The van der Waals surface area contributed by atoms with Crippen LogP contribution in [0.15, 0.2) is 46.2 Å². The molecular formula is C13H11NO4. The molecule has 1 heterocycles. The monoisotopic (exact) mass is 245 g/mol. The fraction of sp³-hybridized carbons (Fsp3) is 0.0769. The van der Waals surface area contributed by atoms with E-state index in [-0.39, 0.29) is 11.5 Å². The fourth-order valence-electron chi connectivity index (χ4n) is 1.35. The molecule has 0 spiro atoms. The highest BCUT2D eigenvalue weighted by Crippen LogP contribution is 2.16. The van der Waals surface area contributed by atoms with E-state index in [1.165, 1.54) is 18.5 Å². The molecule has 1 aromatic carbocycles. The summed E-state index contributed by atoms with van der Waals surface area (Å²) in [5.74, 6) is -0.553. The summed E-state index contributed by atoms with van der Waals surface area (Å²) in [4.78, 5) is 16.0. The van der Waals surface area contributed by atoms with Gasteiger partial charge in [-0.05, 0) is 31.2 Å². The van der Waals surface area contributed by atoms with E-state index in [9.17, 15) is 9.90 Å². The molecule has 0 saturated heterocycles. The number of phenols is 1. The van der Waals surface area contributed by atoms with Crippen LogP contribution in [0.5, 0.6) is 5.75 Å². The molecule has 0 aliphatic heterocycles. The molecule has 5 nitrogen and oxygen atoms in total. The summed E-state index contributed by atoms with van der Waals surface area (Å²) in [6.07, 6.45) is 2.63. The second kappa shape index (κ2) is 5.18. The Morgan fingerprint density at radius 1 is 1.44 bits per heavy atom. The average molecular weight is 245 g/mol. The zero-order valence-corrected chi connectivity index (χ0v) is 9.66. The highest BCUT2D eigenvalue weighted by atomic mass is 16.7. The lowest BCUT2D eigenvalue weighted by Gasteiger charge is -1.99. The third-order valence-corrected chi connectivity index (χ3v) is 2.23. The van der Waals surface area contributed by atoms with Gasteiger partial charge in [-0.1, -0.05) is 16.8 Å². The number of nitrogens with zero attached hydrogens (tertiary/aromatic N) is 1. The van der Waals surface area contributed by atoms with Crippen LogP contribution in [-0.4, -0.2) is 17.3 Å². The van der Waals surface area contributed by atoms with Crippen molar-refractivity contribution in [2.45, 2.75) is 6.92 Å². The topological polar surface area (TPSA) is 72.0 Å². The van der Waals surface area contributed by atoms with Crippen LogP contribution in [0.25, 0.3) is 0 Å². The molecule has 18 heavy (non-hydrogen) atoms. The number of furan rings is 1. The van der Waals surface area contributed by atoms with Crippen molar-refractivity contribution < 1.29 is 19.2 Å². The van der Waals surface area contributed by atoms with Gasteiger partial charge in [-0.15, -0.1) is 0 Å². The van der Waals surface area contributed by atoms with Gasteiger partial charge in [-0.25, -0.2) is 4.79 Å². The van der Waals surface area contributed by atoms with Gasteiger partial charge in [0.1, 0.15) is 5.75 Å². The highest BCUT2D eigenvalue weighted by Gasteiger charge is 2.09. The van der Waals surface area contributed by atoms with Gasteiger partial charge >= 0.3 is 5.97 Å². The van der Waals surface area contributed by atoms with Crippen molar-refractivity contribution in [2.24, 2.45) is 5.16 Å². The summed E-state index contributed by atoms with van der Waals surface area (Å²) in [5.41, 5.74) is 1.44. The quantitative estimate of drug-likeness (QED) is 0.512. The lowest BCUT2D eigenvalue weighted by molar-refractivity contribution is 0.0482. The van der Waals surface area contributed by atoms with Crippen LogP contribution in [0.4, 0.5) is 0 Å². The summed E-state index contributed by atoms with van der Waals surface area (Å²) in [5, 5.41) is 13.0. The molecule has 2 aromatic rings. The van der Waals surface area contributed by atoms with Gasteiger partial charge in [-0.2, -0.15) is 0 Å².